The van der Waals surface area contributed by atoms with E-state index in [1.165, 1.54) is 12.1 Å². The number of piperidine rings is 1. The molecule has 0 radical (unpaired) electrons. The molecule has 3 nitrogen and oxygen atoms in total. The summed E-state index contributed by atoms with van der Waals surface area (Å²) in [5, 5.41) is 9.07. The Kier molecular flexibility index (Phi) is 4.20. The number of halogens is 1. The Hall–Kier alpha value is -1.42. The molecule has 104 valence electrons. The van der Waals surface area contributed by atoms with E-state index in [4.69, 9.17) is 5.11 Å². The molecule has 1 N–H and O–H groups in total. The lowest BCUT2D eigenvalue weighted by Gasteiger charge is -2.40. The first-order valence-corrected chi connectivity index (χ1v) is 6.73. The molecule has 3 atom stereocenters. The highest BCUT2D eigenvalue weighted by Crippen LogP contribution is 2.30. The summed E-state index contributed by atoms with van der Waals surface area (Å²) >= 11 is 0. The Morgan fingerprint density at radius 1 is 1.42 bits per heavy atom. The van der Waals surface area contributed by atoms with Gasteiger partial charge in [-0.05, 0) is 50.9 Å². The van der Waals surface area contributed by atoms with Gasteiger partial charge >= 0.3 is 5.97 Å². The maximum absolute atomic E-state index is 12.9. The lowest BCUT2D eigenvalue weighted by atomic mass is 9.89. The molecule has 2 rings (SSSR count). The topological polar surface area (TPSA) is 40.5 Å². The van der Waals surface area contributed by atoms with Crippen LogP contribution in [0.1, 0.15) is 38.3 Å². The Labute approximate surface area is 113 Å². The smallest absolute Gasteiger partial charge is 0.306 e. The van der Waals surface area contributed by atoms with E-state index in [2.05, 4.69) is 18.7 Å². The molecule has 4 heteroatoms. The summed E-state index contributed by atoms with van der Waals surface area (Å²) in [5.41, 5.74) is 1.07. The molecule has 0 bridgehead atoms. The van der Waals surface area contributed by atoms with Crippen molar-refractivity contribution in [1.29, 1.82) is 0 Å². The quantitative estimate of drug-likeness (QED) is 0.913. The first-order chi connectivity index (χ1) is 8.99. The normalized spacial score (nSPS) is 26.1. The number of benzene rings is 1. The third-order valence-corrected chi connectivity index (χ3v) is 4.13. The minimum Gasteiger partial charge on any atom is -0.481 e. The van der Waals surface area contributed by atoms with E-state index in [1.54, 1.807) is 12.1 Å². The van der Waals surface area contributed by atoms with Gasteiger partial charge in [-0.2, -0.15) is 0 Å². The van der Waals surface area contributed by atoms with E-state index < -0.39 is 5.97 Å². The molecular formula is C15H20FNO2. The number of carboxylic acid groups (broad SMARTS) is 1. The molecule has 3 unspecified atom stereocenters. The van der Waals surface area contributed by atoms with E-state index >= 15 is 0 Å². The summed E-state index contributed by atoms with van der Waals surface area (Å²) in [5.74, 6) is -1.15. The molecule has 0 saturated carbocycles. The lowest BCUT2D eigenvalue weighted by Crippen LogP contribution is -2.43. The van der Waals surface area contributed by atoms with Crippen LogP contribution in [0.4, 0.5) is 4.39 Å². The maximum atomic E-state index is 12.9. The molecule has 0 spiro atoms. The van der Waals surface area contributed by atoms with Crippen molar-refractivity contribution in [2.45, 2.75) is 38.8 Å². The van der Waals surface area contributed by atoms with Crippen LogP contribution in [0.2, 0.25) is 0 Å². The van der Waals surface area contributed by atoms with Gasteiger partial charge in [-0.15, -0.1) is 0 Å². The zero-order chi connectivity index (χ0) is 14.0. The highest BCUT2D eigenvalue weighted by molar-refractivity contribution is 5.70. The van der Waals surface area contributed by atoms with Gasteiger partial charge in [-0.1, -0.05) is 12.1 Å². The van der Waals surface area contributed by atoms with Crippen LogP contribution in [0, 0.1) is 11.7 Å². The maximum Gasteiger partial charge on any atom is 0.306 e. The van der Waals surface area contributed by atoms with Crippen molar-refractivity contribution in [3.05, 3.63) is 35.6 Å². The predicted molar refractivity (Wildman–Crippen MR) is 71.3 cm³/mol. The van der Waals surface area contributed by atoms with Crippen LogP contribution in [0.3, 0.4) is 0 Å². The number of carbonyl (C=O) groups is 1. The zero-order valence-corrected chi connectivity index (χ0v) is 11.3. The first kappa shape index (κ1) is 14.0. The lowest BCUT2D eigenvalue weighted by molar-refractivity contribution is -0.144. The molecular weight excluding hydrogens is 245 g/mol. The fourth-order valence-electron chi connectivity index (χ4n) is 2.92. The van der Waals surface area contributed by atoms with Crippen LogP contribution >= 0.6 is 0 Å². The van der Waals surface area contributed by atoms with Crippen molar-refractivity contribution in [3.63, 3.8) is 0 Å². The van der Waals surface area contributed by atoms with Crippen LogP contribution in [0.15, 0.2) is 24.3 Å². The Morgan fingerprint density at radius 3 is 2.58 bits per heavy atom. The number of rotatable bonds is 3. The largest absolute Gasteiger partial charge is 0.481 e. The number of likely N-dealkylation sites (tertiary alicyclic amines) is 1. The summed E-state index contributed by atoms with van der Waals surface area (Å²) in [6.07, 6.45) is 1.37. The molecule has 1 saturated heterocycles. The molecule has 1 aliphatic rings. The van der Waals surface area contributed by atoms with Crippen molar-refractivity contribution >= 4 is 5.97 Å². The summed E-state index contributed by atoms with van der Waals surface area (Å²) < 4.78 is 12.9. The van der Waals surface area contributed by atoms with Gasteiger partial charge < -0.3 is 5.11 Å². The minimum atomic E-state index is -0.694. The van der Waals surface area contributed by atoms with Crippen molar-refractivity contribution < 1.29 is 14.3 Å². The van der Waals surface area contributed by atoms with E-state index in [0.717, 1.165) is 12.1 Å². The standard InChI is InChI=1S/C15H20FNO2/c1-10-9-13(15(18)19)7-8-17(10)11(2)12-3-5-14(16)6-4-12/h3-6,10-11,13H,7-9H2,1-2H3,(H,18,19). The van der Waals surface area contributed by atoms with Gasteiger partial charge in [0.1, 0.15) is 5.82 Å². The van der Waals surface area contributed by atoms with Gasteiger partial charge in [0, 0.05) is 12.1 Å². The first-order valence-electron chi connectivity index (χ1n) is 6.73. The monoisotopic (exact) mass is 265 g/mol. The molecule has 0 aliphatic carbocycles. The van der Waals surface area contributed by atoms with E-state index in [0.29, 0.717) is 12.8 Å². The Morgan fingerprint density at radius 2 is 2.05 bits per heavy atom. The van der Waals surface area contributed by atoms with Crippen molar-refractivity contribution in [2.75, 3.05) is 6.54 Å². The van der Waals surface area contributed by atoms with Crippen LogP contribution in [0.5, 0.6) is 0 Å². The molecule has 1 aromatic rings. The second-order valence-electron chi connectivity index (χ2n) is 5.37. The SMILES string of the molecule is CC1CC(C(=O)O)CCN1C(C)c1ccc(F)cc1. The minimum absolute atomic E-state index is 0.186. The number of hydrogen-bond donors (Lipinski definition) is 1. The van der Waals surface area contributed by atoms with Gasteiger partial charge in [0.05, 0.1) is 5.92 Å². The fraction of sp³-hybridized carbons (Fsp3) is 0.533. The molecule has 0 aromatic heterocycles. The van der Waals surface area contributed by atoms with Gasteiger partial charge in [0.2, 0.25) is 0 Å². The third-order valence-electron chi connectivity index (χ3n) is 4.13. The van der Waals surface area contributed by atoms with Crippen LogP contribution in [-0.2, 0) is 4.79 Å². The van der Waals surface area contributed by atoms with Crippen molar-refractivity contribution in [1.82, 2.24) is 4.90 Å². The van der Waals surface area contributed by atoms with Crippen molar-refractivity contribution in [3.8, 4) is 0 Å². The Balaban J connectivity index is 2.06. The third kappa shape index (κ3) is 3.13. The zero-order valence-electron chi connectivity index (χ0n) is 11.3. The highest BCUT2D eigenvalue weighted by atomic mass is 19.1. The van der Waals surface area contributed by atoms with Gasteiger partial charge in [-0.25, -0.2) is 4.39 Å². The summed E-state index contributed by atoms with van der Waals surface area (Å²) in [6.45, 7) is 4.93. The summed E-state index contributed by atoms with van der Waals surface area (Å²) in [7, 11) is 0. The highest BCUT2D eigenvalue weighted by Gasteiger charge is 2.32. The van der Waals surface area contributed by atoms with Crippen LogP contribution in [-0.4, -0.2) is 28.6 Å². The van der Waals surface area contributed by atoms with Gasteiger partial charge in [-0.3, -0.25) is 9.69 Å². The molecule has 1 heterocycles. The Bertz CT molecular complexity index is 446. The van der Waals surface area contributed by atoms with E-state index in [1.807, 2.05) is 0 Å². The van der Waals surface area contributed by atoms with E-state index in [-0.39, 0.29) is 23.8 Å². The molecule has 19 heavy (non-hydrogen) atoms. The van der Waals surface area contributed by atoms with E-state index in [9.17, 15) is 9.18 Å². The number of hydrogen-bond acceptors (Lipinski definition) is 2. The van der Waals surface area contributed by atoms with Crippen molar-refractivity contribution in [2.24, 2.45) is 5.92 Å². The number of carboxylic acids is 1. The summed E-state index contributed by atoms with van der Waals surface area (Å²) in [6, 6.07) is 6.97. The molecule has 0 amide bonds. The number of aliphatic carboxylic acids is 1. The molecule has 1 aliphatic heterocycles. The second-order valence-corrected chi connectivity index (χ2v) is 5.37. The molecule has 1 fully saturated rings. The average molecular weight is 265 g/mol. The second kappa shape index (κ2) is 5.70. The summed E-state index contributed by atoms with van der Waals surface area (Å²) in [4.78, 5) is 13.3. The predicted octanol–water partition coefficient (Wildman–Crippen LogP) is 3.07. The van der Waals surface area contributed by atoms with Crippen LogP contribution in [0.25, 0.3) is 0 Å². The average Bonchev–Trinajstić information content (AvgIpc) is 2.38. The van der Waals surface area contributed by atoms with Gasteiger partial charge in [0.25, 0.3) is 0 Å². The number of nitrogens with zero attached hydrogens (tertiary/aromatic N) is 1. The van der Waals surface area contributed by atoms with Crippen LogP contribution < -0.4 is 0 Å². The molecule has 1 aromatic carbocycles. The van der Waals surface area contributed by atoms with Gasteiger partial charge in [0.15, 0.2) is 0 Å². The fourth-order valence-corrected chi connectivity index (χ4v) is 2.92.